The van der Waals surface area contributed by atoms with Crippen molar-refractivity contribution in [2.75, 3.05) is 0 Å². The summed E-state index contributed by atoms with van der Waals surface area (Å²) in [4.78, 5) is 18.0. The summed E-state index contributed by atoms with van der Waals surface area (Å²) in [5.74, 6) is -0.102. The van der Waals surface area contributed by atoms with E-state index in [4.69, 9.17) is 0 Å². The minimum Gasteiger partial charge on any atom is -0.476 e. The van der Waals surface area contributed by atoms with Crippen LogP contribution in [0, 0.1) is 6.92 Å². The zero-order chi connectivity index (χ0) is 13.6. The Bertz CT molecular complexity index is 642. The molecule has 0 saturated heterocycles. The quantitative estimate of drug-likeness (QED) is 0.913. The molecule has 0 fully saturated rings. The molecule has 0 radical (unpaired) electrons. The first kappa shape index (κ1) is 12.4. The fraction of sp³-hybridized carbons (Fsp3) is 0.429. The number of aromatic carboxylic acids is 1. The lowest BCUT2D eigenvalue weighted by atomic mass is 10.0. The maximum atomic E-state index is 11.4. The molecule has 1 unspecified atom stereocenters. The van der Waals surface area contributed by atoms with Gasteiger partial charge in [-0.15, -0.1) is 11.3 Å². The third kappa shape index (κ3) is 1.98. The fourth-order valence-electron chi connectivity index (χ4n) is 2.77. The number of rotatable bonds is 2. The topological polar surface area (TPSA) is 55.1 Å². The number of nitrogens with zero attached hydrogens (tertiary/aromatic N) is 2. The molecule has 0 saturated carbocycles. The molecular weight excluding hydrogens is 260 g/mol. The van der Waals surface area contributed by atoms with E-state index in [-0.39, 0.29) is 5.69 Å². The maximum Gasteiger partial charge on any atom is 0.356 e. The number of hydrogen-bond donors (Lipinski definition) is 1. The molecule has 0 bridgehead atoms. The first-order valence-electron chi connectivity index (χ1n) is 6.49. The number of carbonyl (C=O) groups is 1. The highest BCUT2D eigenvalue weighted by atomic mass is 32.1. The van der Waals surface area contributed by atoms with Crippen molar-refractivity contribution in [3.63, 3.8) is 0 Å². The largest absolute Gasteiger partial charge is 0.476 e. The van der Waals surface area contributed by atoms with Crippen molar-refractivity contribution in [3.8, 4) is 10.7 Å². The number of carboxylic acid groups (broad SMARTS) is 1. The molecule has 0 aromatic carbocycles. The molecule has 4 nitrogen and oxygen atoms in total. The van der Waals surface area contributed by atoms with Gasteiger partial charge in [0.05, 0.1) is 10.6 Å². The van der Waals surface area contributed by atoms with Crippen molar-refractivity contribution in [1.29, 1.82) is 0 Å². The van der Waals surface area contributed by atoms with Gasteiger partial charge in [-0.25, -0.2) is 9.78 Å². The number of imidazole rings is 1. The van der Waals surface area contributed by atoms with Gasteiger partial charge in [0.25, 0.3) is 0 Å². The van der Waals surface area contributed by atoms with Crippen LogP contribution in [0.4, 0.5) is 0 Å². The molecular formula is C14H16N2O2S. The summed E-state index contributed by atoms with van der Waals surface area (Å²) in [6, 6.07) is 4.40. The zero-order valence-electron chi connectivity index (χ0n) is 11.0. The van der Waals surface area contributed by atoms with Crippen molar-refractivity contribution < 1.29 is 9.90 Å². The number of hydrogen-bond acceptors (Lipinski definition) is 3. The van der Waals surface area contributed by atoms with Gasteiger partial charge in [-0.2, -0.15) is 0 Å². The molecule has 1 N–H and O–H groups in total. The molecule has 0 aliphatic carbocycles. The molecule has 19 heavy (non-hydrogen) atoms. The summed E-state index contributed by atoms with van der Waals surface area (Å²) < 4.78 is 2.12. The van der Waals surface area contributed by atoms with Crippen molar-refractivity contribution >= 4 is 17.3 Å². The molecule has 2 aromatic heterocycles. The Morgan fingerprint density at radius 2 is 2.32 bits per heavy atom. The van der Waals surface area contributed by atoms with Gasteiger partial charge < -0.3 is 9.67 Å². The summed E-state index contributed by atoms with van der Waals surface area (Å²) in [6.07, 6.45) is 2.93. The van der Waals surface area contributed by atoms with E-state index in [1.165, 1.54) is 4.88 Å². The summed E-state index contributed by atoms with van der Waals surface area (Å²) in [5.41, 5.74) is 1.11. The highest BCUT2D eigenvalue weighted by Crippen LogP contribution is 2.35. The number of fused-ring (bicyclic) bond motifs is 1. The monoisotopic (exact) mass is 276 g/mol. The summed E-state index contributed by atoms with van der Waals surface area (Å²) >= 11 is 1.66. The van der Waals surface area contributed by atoms with Crippen LogP contribution in [0.15, 0.2) is 12.1 Å². The van der Waals surface area contributed by atoms with E-state index in [9.17, 15) is 9.90 Å². The molecule has 0 amide bonds. The number of carboxylic acids is 1. The van der Waals surface area contributed by atoms with Crippen LogP contribution in [0.3, 0.4) is 0 Å². The van der Waals surface area contributed by atoms with E-state index in [2.05, 4.69) is 29.5 Å². The second-order valence-electron chi connectivity index (χ2n) is 5.06. The van der Waals surface area contributed by atoms with Gasteiger partial charge in [0.2, 0.25) is 0 Å². The minimum absolute atomic E-state index is 0.229. The first-order chi connectivity index (χ1) is 9.08. The average Bonchev–Trinajstić information content (AvgIpc) is 2.93. The third-order valence-corrected chi connectivity index (χ3v) is 4.65. The fourth-order valence-corrected chi connectivity index (χ4v) is 3.63. The number of thiophene rings is 1. The van der Waals surface area contributed by atoms with Gasteiger partial charge in [0.1, 0.15) is 0 Å². The Balaban J connectivity index is 2.22. The smallest absolute Gasteiger partial charge is 0.356 e. The van der Waals surface area contributed by atoms with E-state index in [1.807, 2.05) is 6.07 Å². The van der Waals surface area contributed by atoms with Crippen LogP contribution >= 0.6 is 11.3 Å². The van der Waals surface area contributed by atoms with Crippen LogP contribution in [-0.4, -0.2) is 20.6 Å². The van der Waals surface area contributed by atoms with Gasteiger partial charge in [-0.1, -0.05) is 0 Å². The molecule has 100 valence electrons. The average molecular weight is 276 g/mol. The van der Waals surface area contributed by atoms with Crippen LogP contribution < -0.4 is 0 Å². The summed E-state index contributed by atoms with van der Waals surface area (Å²) in [5, 5.41) is 9.32. The molecule has 0 spiro atoms. The lowest BCUT2D eigenvalue weighted by Crippen LogP contribution is -2.17. The van der Waals surface area contributed by atoms with E-state index < -0.39 is 5.97 Å². The minimum atomic E-state index is -0.919. The SMILES string of the molecule is Cc1ccc(-c2nc(C(=O)O)c3n2C(C)CCC3)s1. The Morgan fingerprint density at radius 1 is 1.53 bits per heavy atom. The Kier molecular flexibility index (Phi) is 2.93. The molecule has 3 rings (SSSR count). The van der Waals surface area contributed by atoms with Gasteiger partial charge in [0, 0.05) is 10.9 Å². The zero-order valence-corrected chi connectivity index (χ0v) is 11.8. The predicted octanol–water partition coefficient (Wildman–Crippen LogP) is 3.52. The van der Waals surface area contributed by atoms with Crippen LogP contribution in [0.5, 0.6) is 0 Å². The summed E-state index contributed by atoms with van der Waals surface area (Å²) in [6.45, 7) is 4.19. The van der Waals surface area contributed by atoms with Crippen molar-refractivity contribution in [2.24, 2.45) is 0 Å². The number of aryl methyl sites for hydroxylation is 1. The second-order valence-corrected chi connectivity index (χ2v) is 6.35. The van der Waals surface area contributed by atoms with E-state index in [0.29, 0.717) is 6.04 Å². The van der Waals surface area contributed by atoms with Crippen LogP contribution in [0.2, 0.25) is 0 Å². The van der Waals surface area contributed by atoms with E-state index in [1.54, 1.807) is 11.3 Å². The predicted molar refractivity (Wildman–Crippen MR) is 74.9 cm³/mol. The van der Waals surface area contributed by atoms with Crippen molar-refractivity contribution in [1.82, 2.24) is 9.55 Å². The van der Waals surface area contributed by atoms with E-state index >= 15 is 0 Å². The maximum absolute atomic E-state index is 11.4. The van der Waals surface area contributed by atoms with Crippen LogP contribution in [-0.2, 0) is 6.42 Å². The molecule has 1 aliphatic heterocycles. The molecule has 1 atom stereocenters. The highest BCUT2D eigenvalue weighted by molar-refractivity contribution is 7.15. The Hall–Kier alpha value is -1.62. The summed E-state index contributed by atoms with van der Waals surface area (Å²) in [7, 11) is 0. The van der Waals surface area contributed by atoms with Gasteiger partial charge >= 0.3 is 5.97 Å². The second kappa shape index (κ2) is 4.49. The molecule has 1 aliphatic rings. The standard InChI is InChI=1S/C14H16N2O2S/c1-8-4-3-5-10-12(14(17)18)15-13(16(8)10)11-7-6-9(2)19-11/h6-8H,3-5H2,1-2H3,(H,17,18). The molecule has 3 heterocycles. The van der Waals surface area contributed by atoms with E-state index in [0.717, 1.165) is 35.7 Å². The van der Waals surface area contributed by atoms with Gasteiger partial charge in [-0.3, -0.25) is 0 Å². The molecule has 2 aromatic rings. The number of aromatic nitrogens is 2. The normalized spacial score (nSPS) is 18.3. The van der Waals surface area contributed by atoms with Gasteiger partial charge in [-0.05, 0) is 45.2 Å². The lowest BCUT2D eigenvalue weighted by Gasteiger charge is -2.24. The van der Waals surface area contributed by atoms with Crippen molar-refractivity contribution in [3.05, 3.63) is 28.4 Å². The van der Waals surface area contributed by atoms with Gasteiger partial charge in [0.15, 0.2) is 11.5 Å². The Labute approximate surface area is 115 Å². The Morgan fingerprint density at radius 3 is 2.95 bits per heavy atom. The third-order valence-electron chi connectivity index (χ3n) is 3.65. The van der Waals surface area contributed by atoms with Crippen LogP contribution in [0.25, 0.3) is 10.7 Å². The van der Waals surface area contributed by atoms with Crippen LogP contribution in [0.1, 0.15) is 46.9 Å². The first-order valence-corrected chi connectivity index (χ1v) is 7.30. The molecule has 5 heteroatoms. The van der Waals surface area contributed by atoms with Crippen molar-refractivity contribution in [2.45, 2.75) is 39.2 Å². The lowest BCUT2D eigenvalue weighted by molar-refractivity contribution is 0.0689. The highest BCUT2D eigenvalue weighted by Gasteiger charge is 2.28.